The molecule has 3 heterocycles. The number of rotatable bonds is 2. The van der Waals surface area contributed by atoms with Crippen LogP contribution < -0.4 is 5.32 Å². The molecule has 0 amide bonds. The average Bonchev–Trinajstić information content (AvgIpc) is 3.21. The Morgan fingerprint density at radius 3 is 3.08 bits per heavy atom. The van der Waals surface area contributed by atoms with Crippen molar-refractivity contribution >= 4 is 27.6 Å². The quantitative estimate of drug-likeness (QED) is 0.589. The monoisotopic (exact) mass is 416 g/mol. The summed E-state index contributed by atoms with van der Waals surface area (Å²) in [6.07, 6.45) is 7.75. The van der Waals surface area contributed by atoms with Crippen LogP contribution in [0.4, 0.5) is 5.69 Å². The first kappa shape index (κ1) is 16.8. The number of hydrogen-bond donors (Lipinski definition) is 1. The third-order valence-electron chi connectivity index (χ3n) is 7.51. The van der Waals surface area contributed by atoms with Crippen molar-refractivity contribution in [1.29, 1.82) is 0 Å². The SMILES string of the molecule is CC[C@]12C=CCN3CC[C@@]4(c5cc(Br)ccc5N[C@H]4[C@@H](C(=O)OC)C1)[C@@H]32. The van der Waals surface area contributed by atoms with Crippen LogP contribution in [0.5, 0.6) is 0 Å². The van der Waals surface area contributed by atoms with Crippen molar-refractivity contribution < 1.29 is 9.53 Å². The first-order chi connectivity index (χ1) is 12.6. The lowest BCUT2D eigenvalue weighted by molar-refractivity contribution is -0.151. The van der Waals surface area contributed by atoms with Gasteiger partial charge in [-0.25, -0.2) is 0 Å². The lowest BCUT2D eigenvalue weighted by Gasteiger charge is -2.57. The van der Waals surface area contributed by atoms with E-state index in [1.54, 1.807) is 0 Å². The van der Waals surface area contributed by atoms with E-state index in [4.69, 9.17) is 4.74 Å². The highest BCUT2D eigenvalue weighted by atomic mass is 79.9. The lowest BCUT2D eigenvalue weighted by atomic mass is 9.51. The van der Waals surface area contributed by atoms with E-state index >= 15 is 0 Å². The number of benzene rings is 1. The molecule has 1 aliphatic carbocycles. The molecule has 138 valence electrons. The van der Waals surface area contributed by atoms with Crippen LogP contribution in [0.15, 0.2) is 34.8 Å². The van der Waals surface area contributed by atoms with Gasteiger partial charge in [-0.05, 0) is 49.6 Å². The maximum Gasteiger partial charge on any atom is 0.310 e. The zero-order valence-corrected chi connectivity index (χ0v) is 16.9. The first-order valence-corrected chi connectivity index (χ1v) is 10.4. The number of nitrogens with zero attached hydrogens (tertiary/aromatic N) is 1. The molecule has 1 aromatic rings. The predicted octanol–water partition coefficient (Wildman–Crippen LogP) is 3.71. The molecule has 1 spiro atoms. The normalized spacial score (nSPS) is 39.7. The van der Waals surface area contributed by atoms with Crippen LogP contribution in [0.1, 0.15) is 31.7 Å². The number of anilines is 1. The number of methoxy groups -OCH3 is 1. The molecule has 4 aliphatic rings. The number of fused-ring (bicyclic) bond motifs is 1. The van der Waals surface area contributed by atoms with E-state index in [0.717, 1.165) is 36.8 Å². The van der Waals surface area contributed by atoms with Gasteiger partial charge in [-0.2, -0.15) is 0 Å². The molecular weight excluding hydrogens is 392 g/mol. The maximum absolute atomic E-state index is 12.8. The summed E-state index contributed by atoms with van der Waals surface area (Å²) in [4.78, 5) is 15.5. The van der Waals surface area contributed by atoms with Crippen molar-refractivity contribution in [3.63, 3.8) is 0 Å². The minimum Gasteiger partial charge on any atom is -0.469 e. The van der Waals surface area contributed by atoms with Gasteiger partial charge in [0.05, 0.1) is 19.1 Å². The number of nitrogens with one attached hydrogen (secondary N) is 1. The molecule has 1 N–H and O–H groups in total. The molecule has 0 unspecified atom stereocenters. The van der Waals surface area contributed by atoms with E-state index in [9.17, 15) is 4.79 Å². The predicted molar refractivity (Wildman–Crippen MR) is 105 cm³/mol. The molecule has 2 fully saturated rings. The third-order valence-corrected chi connectivity index (χ3v) is 8.01. The van der Waals surface area contributed by atoms with Crippen molar-refractivity contribution in [3.05, 3.63) is 40.4 Å². The lowest BCUT2D eigenvalue weighted by Crippen LogP contribution is -2.66. The van der Waals surface area contributed by atoms with Gasteiger partial charge in [0.25, 0.3) is 0 Å². The molecule has 0 aromatic heterocycles. The van der Waals surface area contributed by atoms with Crippen molar-refractivity contribution in [2.24, 2.45) is 11.3 Å². The summed E-state index contributed by atoms with van der Waals surface area (Å²) in [7, 11) is 1.52. The Morgan fingerprint density at radius 2 is 2.31 bits per heavy atom. The Balaban J connectivity index is 1.76. The fraction of sp³-hybridized carbons (Fsp3) is 0.571. The summed E-state index contributed by atoms with van der Waals surface area (Å²) in [5.74, 6) is -0.192. The highest BCUT2D eigenvalue weighted by molar-refractivity contribution is 9.10. The van der Waals surface area contributed by atoms with Crippen LogP contribution in [0.3, 0.4) is 0 Å². The molecule has 1 aromatic carbocycles. The van der Waals surface area contributed by atoms with E-state index in [0.29, 0.717) is 6.04 Å². The van der Waals surface area contributed by atoms with Crippen LogP contribution in [0.25, 0.3) is 0 Å². The molecule has 26 heavy (non-hydrogen) atoms. The second-order valence-electron chi connectivity index (χ2n) is 8.32. The van der Waals surface area contributed by atoms with Crippen LogP contribution in [-0.4, -0.2) is 43.2 Å². The van der Waals surface area contributed by atoms with Gasteiger partial charge in [0.15, 0.2) is 0 Å². The largest absolute Gasteiger partial charge is 0.469 e. The number of ether oxygens (including phenoxy) is 1. The van der Waals surface area contributed by atoms with Crippen molar-refractivity contribution in [2.75, 3.05) is 25.5 Å². The fourth-order valence-electron chi connectivity index (χ4n) is 6.60. The zero-order valence-electron chi connectivity index (χ0n) is 15.3. The smallest absolute Gasteiger partial charge is 0.310 e. The number of halogens is 1. The number of esters is 1. The number of carbonyl (C=O) groups excluding carboxylic acids is 1. The van der Waals surface area contributed by atoms with Crippen LogP contribution in [0.2, 0.25) is 0 Å². The molecule has 4 nitrogen and oxygen atoms in total. The Labute approximate surface area is 163 Å². The van der Waals surface area contributed by atoms with E-state index in [-0.39, 0.29) is 28.8 Å². The van der Waals surface area contributed by atoms with E-state index in [1.807, 2.05) is 0 Å². The summed E-state index contributed by atoms with van der Waals surface area (Å²) in [5.41, 5.74) is 2.58. The maximum atomic E-state index is 12.8. The van der Waals surface area contributed by atoms with Crippen LogP contribution in [-0.2, 0) is 14.9 Å². The summed E-state index contributed by atoms with van der Waals surface area (Å²) >= 11 is 3.68. The summed E-state index contributed by atoms with van der Waals surface area (Å²) in [6, 6.07) is 7.09. The molecule has 3 aliphatic heterocycles. The molecular formula is C21H25BrN2O2. The van der Waals surface area contributed by atoms with Crippen molar-refractivity contribution in [2.45, 2.75) is 43.7 Å². The Hall–Kier alpha value is -1.33. The topological polar surface area (TPSA) is 41.6 Å². The van der Waals surface area contributed by atoms with Crippen molar-refractivity contribution in [1.82, 2.24) is 4.90 Å². The number of hydrogen-bond acceptors (Lipinski definition) is 4. The molecule has 1 saturated heterocycles. The Kier molecular flexibility index (Phi) is 3.61. The standard InChI is InChI=1S/C21H25BrN2O2/c1-3-20-7-4-9-24-10-8-21(19(20)24)15-11-13(22)5-6-16(15)23-17(21)14(12-20)18(25)26-2/h4-7,11,14,17,19,23H,3,8-10,12H2,1-2H3/t14-,17-,19-,20-,21-/m0/s1. The second-order valence-corrected chi connectivity index (χ2v) is 9.24. The molecule has 5 atom stereocenters. The highest BCUT2D eigenvalue weighted by Gasteiger charge is 2.69. The summed E-state index contributed by atoms with van der Waals surface area (Å²) < 4.78 is 6.38. The first-order valence-electron chi connectivity index (χ1n) is 9.62. The molecule has 1 saturated carbocycles. The number of carbonyl (C=O) groups is 1. The van der Waals surface area contributed by atoms with Crippen LogP contribution in [0, 0.1) is 11.3 Å². The minimum atomic E-state index is -0.120. The second kappa shape index (κ2) is 5.59. The third kappa shape index (κ3) is 1.91. The van der Waals surface area contributed by atoms with Gasteiger partial charge in [0.2, 0.25) is 0 Å². The van der Waals surface area contributed by atoms with E-state index < -0.39 is 0 Å². The highest BCUT2D eigenvalue weighted by Crippen LogP contribution is 2.64. The van der Waals surface area contributed by atoms with Gasteiger partial charge in [0, 0.05) is 33.6 Å². The van der Waals surface area contributed by atoms with Crippen molar-refractivity contribution in [3.8, 4) is 0 Å². The Bertz CT molecular complexity index is 809. The fourth-order valence-corrected chi connectivity index (χ4v) is 6.96. The van der Waals surface area contributed by atoms with Gasteiger partial charge in [-0.1, -0.05) is 35.0 Å². The van der Waals surface area contributed by atoms with Gasteiger partial charge < -0.3 is 10.1 Å². The molecule has 5 rings (SSSR count). The van der Waals surface area contributed by atoms with Crippen LogP contribution >= 0.6 is 15.9 Å². The minimum absolute atomic E-state index is 0.0308. The molecule has 5 heteroatoms. The van der Waals surface area contributed by atoms with Gasteiger partial charge in [-0.3, -0.25) is 9.69 Å². The molecule has 0 radical (unpaired) electrons. The average molecular weight is 417 g/mol. The van der Waals surface area contributed by atoms with Gasteiger partial charge in [-0.15, -0.1) is 0 Å². The zero-order chi connectivity index (χ0) is 18.1. The summed E-state index contributed by atoms with van der Waals surface area (Å²) in [6.45, 7) is 4.39. The van der Waals surface area contributed by atoms with Gasteiger partial charge >= 0.3 is 5.97 Å². The Morgan fingerprint density at radius 1 is 1.46 bits per heavy atom. The molecule has 0 bridgehead atoms. The van der Waals surface area contributed by atoms with E-state index in [1.165, 1.54) is 18.4 Å². The van der Waals surface area contributed by atoms with E-state index in [2.05, 4.69) is 63.4 Å². The summed E-state index contributed by atoms with van der Waals surface area (Å²) in [5, 5.41) is 3.75. The van der Waals surface area contributed by atoms with Gasteiger partial charge in [0.1, 0.15) is 0 Å².